The second-order valence-corrected chi connectivity index (χ2v) is 6.16. The molecule has 0 spiro atoms. The SMILES string of the molecule is Cc1cc(=O)[nH]cc1C(=O)N1CCCC1c1ccc2c(c1)OCO2. The van der Waals surface area contributed by atoms with E-state index in [1.54, 1.807) is 6.92 Å². The van der Waals surface area contributed by atoms with Gasteiger partial charge in [0.2, 0.25) is 12.4 Å². The first kappa shape index (κ1) is 14.8. The number of amides is 1. The van der Waals surface area contributed by atoms with Crippen LogP contribution in [-0.2, 0) is 0 Å². The maximum Gasteiger partial charge on any atom is 0.256 e. The topological polar surface area (TPSA) is 71.6 Å². The van der Waals surface area contributed by atoms with E-state index >= 15 is 0 Å². The Morgan fingerprint density at radius 2 is 2.08 bits per heavy atom. The zero-order valence-electron chi connectivity index (χ0n) is 13.4. The lowest BCUT2D eigenvalue weighted by molar-refractivity contribution is 0.0734. The summed E-state index contributed by atoms with van der Waals surface area (Å²) in [5, 5.41) is 0. The molecule has 0 radical (unpaired) electrons. The van der Waals surface area contributed by atoms with E-state index in [1.807, 2.05) is 23.1 Å². The van der Waals surface area contributed by atoms with E-state index in [0.717, 1.165) is 29.9 Å². The van der Waals surface area contributed by atoms with Crippen molar-refractivity contribution in [1.29, 1.82) is 0 Å². The van der Waals surface area contributed by atoms with Gasteiger partial charge in [-0.25, -0.2) is 0 Å². The molecule has 0 saturated carbocycles. The number of aromatic nitrogens is 1. The number of aromatic amines is 1. The normalized spacial score (nSPS) is 18.9. The average molecular weight is 326 g/mol. The molecule has 24 heavy (non-hydrogen) atoms. The number of carbonyl (C=O) groups excluding carboxylic acids is 1. The second kappa shape index (κ2) is 5.70. The van der Waals surface area contributed by atoms with Crippen molar-refractivity contribution in [2.24, 2.45) is 0 Å². The van der Waals surface area contributed by atoms with Gasteiger partial charge in [0.05, 0.1) is 11.6 Å². The molecule has 6 heteroatoms. The number of ether oxygens (including phenoxy) is 2. The minimum Gasteiger partial charge on any atom is -0.454 e. The van der Waals surface area contributed by atoms with Crippen LogP contribution in [0.1, 0.15) is 40.4 Å². The van der Waals surface area contributed by atoms with Gasteiger partial charge < -0.3 is 19.4 Å². The third kappa shape index (κ3) is 2.44. The number of benzene rings is 1. The number of hydrogen-bond donors (Lipinski definition) is 1. The van der Waals surface area contributed by atoms with E-state index < -0.39 is 0 Å². The number of pyridine rings is 1. The van der Waals surface area contributed by atoms with Crippen LogP contribution in [0.15, 0.2) is 35.3 Å². The van der Waals surface area contributed by atoms with Gasteiger partial charge in [-0.1, -0.05) is 6.07 Å². The Labute approximate surface area is 139 Å². The van der Waals surface area contributed by atoms with Crippen molar-refractivity contribution in [2.45, 2.75) is 25.8 Å². The summed E-state index contributed by atoms with van der Waals surface area (Å²) in [6.07, 6.45) is 3.37. The van der Waals surface area contributed by atoms with Crippen molar-refractivity contribution in [3.63, 3.8) is 0 Å². The lowest BCUT2D eigenvalue weighted by atomic mass is 10.0. The second-order valence-electron chi connectivity index (χ2n) is 6.16. The molecule has 1 amide bonds. The van der Waals surface area contributed by atoms with Crippen molar-refractivity contribution in [1.82, 2.24) is 9.88 Å². The van der Waals surface area contributed by atoms with Crippen LogP contribution in [0, 0.1) is 6.92 Å². The summed E-state index contributed by atoms with van der Waals surface area (Å²) < 4.78 is 10.8. The summed E-state index contributed by atoms with van der Waals surface area (Å²) in [7, 11) is 0. The van der Waals surface area contributed by atoms with Crippen molar-refractivity contribution in [3.8, 4) is 11.5 Å². The zero-order chi connectivity index (χ0) is 16.7. The molecule has 1 unspecified atom stereocenters. The molecule has 124 valence electrons. The molecule has 6 nitrogen and oxygen atoms in total. The number of likely N-dealkylation sites (tertiary alicyclic amines) is 1. The summed E-state index contributed by atoms with van der Waals surface area (Å²) in [6.45, 7) is 2.73. The van der Waals surface area contributed by atoms with Gasteiger partial charge in [0.15, 0.2) is 11.5 Å². The van der Waals surface area contributed by atoms with Gasteiger partial charge in [-0.05, 0) is 43.0 Å². The average Bonchev–Trinajstić information content (AvgIpc) is 3.22. The van der Waals surface area contributed by atoms with Crippen LogP contribution in [0.5, 0.6) is 11.5 Å². The highest BCUT2D eigenvalue weighted by Crippen LogP contribution is 2.39. The van der Waals surface area contributed by atoms with Crippen LogP contribution in [0.3, 0.4) is 0 Å². The van der Waals surface area contributed by atoms with E-state index in [1.165, 1.54) is 12.3 Å². The number of rotatable bonds is 2. The summed E-state index contributed by atoms with van der Waals surface area (Å²) >= 11 is 0. The van der Waals surface area contributed by atoms with Gasteiger partial charge in [0, 0.05) is 18.8 Å². The molecule has 3 heterocycles. The van der Waals surface area contributed by atoms with Crippen LogP contribution < -0.4 is 15.0 Å². The molecule has 1 aromatic heterocycles. The van der Waals surface area contributed by atoms with Crippen LogP contribution in [0.25, 0.3) is 0 Å². The van der Waals surface area contributed by atoms with Crippen LogP contribution in [0.2, 0.25) is 0 Å². The molecular weight excluding hydrogens is 308 g/mol. The number of carbonyl (C=O) groups is 1. The van der Waals surface area contributed by atoms with Gasteiger partial charge in [0.1, 0.15) is 0 Å². The highest BCUT2D eigenvalue weighted by Gasteiger charge is 2.32. The van der Waals surface area contributed by atoms with E-state index in [-0.39, 0.29) is 24.3 Å². The molecular formula is C18H18N2O4. The third-order valence-corrected chi connectivity index (χ3v) is 4.66. The largest absolute Gasteiger partial charge is 0.454 e. The Hall–Kier alpha value is -2.76. The minimum atomic E-state index is -0.196. The Kier molecular flexibility index (Phi) is 3.52. The van der Waals surface area contributed by atoms with E-state index in [4.69, 9.17) is 9.47 Å². The predicted molar refractivity (Wildman–Crippen MR) is 87.4 cm³/mol. The zero-order valence-corrected chi connectivity index (χ0v) is 13.4. The lowest BCUT2D eigenvalue weighted by Crippen LogP contribution is -2.31. The molecule has 0 bridgehead atoms. The number of fused-ring (bicyclic) bond motifs is 1. The Morgan fingerprint density at radius 1 is 1.25 bits per heavy atom. The smallest absolute Gasteiger partial charge is 0.256 e. The summed E-state index contributed by atoms with van der Waals surface area (Å²) in [4.78, 5) is 28.8. The number of H-pyrrole nitrogens is 1. The highest BCUT2D eigenvalue weighted by molar-refractivity contribution is 5.95. The number of nitrogens with one attached hydrogen (secondary N) is 1. The molecule has 0 aliphatic carbocycles. The predicted octanol–water partition coefficient (Wildman–Crippen LogP) is 2.39. The monoisotopic (exact) mass is 326 g/mol. The van der Waals surface area contributed by atoms with Crippen molar-refractivity contribution in [3.05, 3.63) is 57.5 Å². The Morgan fingerprint density at radius 3 is 2.92 bits per heavy atom. The maximum absolute atomic E-state index is 12.9. The van der Waals surface area contributed by atoms with Crippen LogP contribution >= 0.6 is 0 Å². The fraction of sp³-hybridized carbons (Fsp3) is 0.333. The molecule has 1 fully saturated rings. The fourth-order valence-electron chi connectivity index (χ4n) is 3.44. The first-order valence-electron chi connectivity index (χ1n) is 8.03. The first-order valence-corrected chi connectivity index (χ1v) is 8.03. The van der Waals surface area contributed by atoms with Gasteiger partial charge in [-0.3, -0.25) is 9.59 Å². The van der Waals surface area contributed by atoms with E-state index in [2.05, 4.69) is 4.98 Å². The Bertz CT molecular complexity index is 858. The third-order valence-electron chi connectivity index (χ3n) is 4.66. The molecule has 1 N–H and O–H groups in total. The lowest BCUT2D eigenvalue weighted by Gasteiger charge is -2.26. The van der Waals surface area contributed by atoms with Gasteiger partial charge in [-0.15, -0.1) is 0 Å². The molecule has 1 aromatic carbocycles. The van der Waals surface area contributed by atoms with Crippen molar-refractivity contribution < 1.29 is 14.3 Å². The highest BCUT2D eigenvalue weighted by atomic mass is 16.7. The number of aryl methyl sites for hydroxylation is 1. The number of nitrogens with zero attached hydrogens (tertiary/aromatic N) is 1. The van der Waals surface area contributed by atoms with Crippen molar-refractivity contribution in [2.75, 3.05) is 13.3 Å². The van der Waals surface area contributed by atoms with Gasteiger partial charge in [-0.2, -0.15) is 0 Å². The summed E-state index contributed by atoms with van der Waals surface area (Å²) in [5.41, 5.74) is 2.09. The number of hydrogen-bond acceptors (Lipinski definition) is 4. The molecule has 4 rings (SSSR count). The van der Waals surface area contributed by atoms with Gasteiger partial charge >= 0.3 is 0 Å². The quantitative estimate of drug-likeness (QED) is 0.920. The Balaban J connectivity index is 1.65. The molecule has 2 aromatic rings. The van der Waals surface area contributed by atoms with Crippen molar-refractivity contribution >= 4 is 5.91 Å². The van der Waals surface area contributed by atoms with Gasteiger partial charge in [0.25, 0.3) is 5.91 Å². The van der Waals surface area contributed by atoms with E-state index in [0.29, 0.717) is 17.7 Å². The molecule has 2 aliphatic rings. The van der Waals surface area contributed by atoms with E-state index in [9.17, 15) is 9.59 Å². The van der Waals surface area contributed by atoms with Crippen LogP contribution in [0.4, 0.5) is 0 Å². The van der Waals surface area contributed by atoms with Crippen LogP contribution in [-0.4, -0.2) is 29.1 Å². The fourth-order valence-corrected chi connectivity index (χ4v) is 3.44. The molecule has 1 saturated heterocycles. The minimum absolute atomic E-state index is 0.0123. The maximum atomic E-state index is 12.9. The standard InChI is InChI=1S/C18H18N2O4/c1-11-7-17(21)19-9-13(11)18(22)20-6-2-3-14(20)12-4-5-15-16(8-12)24-10-23-15/h4-5,7-9,14H,2-3,6,10H2,1H3,(H,19,21). The summed E-state index contributed by atoms with van der Waals surface area (Å²) in [6, 6.07) is 7.31. The summed E-state index contributed by atoms with van der Waals surface area (Å²) in [5.74, 6) is 1.42. The molecule has 1 atom stereocenters. The first-order chi connectivity index (χ1) is 11.6. The molecule has 2 aliphatic heterocycles.